The lowest BCUT2D eigenvalue weighted by Crippen LogP contribution is -2.54. The first kappa shape index (κ1) is 14.3. The lowest BCUT2D eigenvalue weighted by Gasteiger charge is -2.27. The highest BCUT2D eigenvalue weighted by atomic mass is 32.2. The van der Waals surface area contributed by atoms with Crippen molar-refractivity contribution < 1.29 is 4.79 Å². The number of thioether (sulfide) groups is 1. The molecule has 1 aromatic rings. The van der Waals surface area contributed by atoms with Crippen LogP contribution < -0.4 is 11.5 Å². The number of nitrogens with two attached hydrogens (primary N) is 2. The van der Waals surface area contributed by atoms with Gasteiger partial charge in [0.25, 0.3) is 0 Å². The first-order chi connectivity index (χ1) is 8.95. The maximum Gasteiger partial charge on any atom is 0.237 e. The summed E-state index contributed by atoms with van der Waals surface area (Å²) in [5.41, 5.74) is 10.8. The van der Waals surface area contributed by atoms with Crippen LogP contribution in [-0.2, 0) is 11.8 Å². The molecular weight excluding hydrogens is 262 g/mol. The third-order valence-corrected chi connectivity index (χ3v) is 5.13. The van der Waals surface area contributed by atoms with Gasteiger partial charge in [0.05, 0.1) is 5.54 Å². The minimum Gasteiger partial charge on any atom is -0.368 e. The van der Waals surface area contributed by atoms with Crippen LogP contribution in [0.1, 0.15) is 31.5 Å². The molecular formula is C12H21N5OS. The second-order valence-corrected chi connectivity index (χ2v) is 6.28. The van der Waals surface area contributed by atoms with Gasteiger partial charge in [0.1, 0.15) is 5.82 Å². The van der Waals surface area contributed by atoms with Crippen molar-refractivity contribution in [2.45, 2.75) is 43.3 Å². The van der Waals surface area contributed by atoms with Crippen molar-refractivity contribution in [1.82, 2.24) is 14.8 Å². The van der Waals surface area contributed by atoms with Crippen LogP contribution in [0.15, 0.2) is 5.16 Å². The van der Waals surface area contributed by atoms with Gasteiger partial charge in [-0.25, -0.2) is 0 Å². The van der Waals surface area contributed by atoms with E-state index in [-0.39, 0.29) is 11.8 Å². The number of nitrogens with zero attached hydrogens (tertiary/aromatic N) is 3. The molecule has 1 aliphatic rings. The quantitative estimate of drug-likeness (QED) is 0.770. The molecule has 0 spiro atoms. The molecule has 4 N–H and O–H groups in total. The van der Waals surface area contributed by atoms with Crippen LogP contribution in [0.25, 0.3) is 0 Å². The minimum atomic E-state index is -0.809. The zero-order valence-electron chi connectivity index (χ0n) is 11.4. The number of aromatic nitrogens is 3. The Morgan fingerprint density at radius 3 is 2.89 bits per heavy atom. The average Bonchev–Trinajstić information content (AvgIpc) is 2.88. The summed E-state index contributed by atoms with van der Waals surface area (Å²) >= 11 is 1.65. The van der Waals surface area contributed by atoms with E-state index in [1.165, 1.54) is 0 Å². The van der Waals surface area contributed by atoms with Gasteiger partial charge in [-0.05, 0) is 32.1 Å². The molecule has 1 fully saturated rings. The highest BCUT2D eigenvalue weighted by Gasteiger charge is 2.43. The Balaban J connectivity index is 1.89. The summed E-state index contributed by atoms with van der Waals surface area (Å²) in [6, 6.07) is 0. The second-order valence-electron chi connectivity index (χ2n) is 5.22. The smallest absolute Gasteiger partial charge is 0.237 e. The number of primary amides is 1. The van der Waals surface area contributed by atoms with E-state index < -0.39 is 5.54 Å². The summed E-state index contributed by atoms with van der Waals surface area (Å²) in [4.78, 5) is 11.5. The zero-order valence-corrected chi connectivity index (χ0v) is 12.2. The van der Waals surface area contributed by atoms with Gasteiger partial charge in [-0.2, -0.15) is 0 Å². The Morgan fingerprint density at radius 2 is 2.32 bits per heavy atom. The van der Waals surface area contributed by atoms with Crippen LogP contribution in [0.3, 0.4) is 0 Å². The van der Waals surface area contributed by atoms with Gasteiger partial charge < -0.3 is 16.0 Å². The van der Waals surface area contributed by atoms with Crippen molar-refractivity contribution >= 4 is 17.7 Å². The van der Waals surface area contributed by atoms with Gasteiger partial charge in [-0.1, -0.05) is 18.2 Å². The van der Waals surface area contributed by atoms with Gasteiger partial charge in [0.2, 0.25) is 5.91 Å². The highest BCUT2D eigenvalue weighted by Crippen LogP contribution is 2.37. The summed E-state index contributed by atoms with van der Waals surface area (Å²) in [5, 5.41) is 9.02. The lowest BCUT2D eigenvalue weighted by molar-refractivity contribution is -0.124. The predicted octanol–water partition coefficient (Wildman–Crippen LogP) is 0.589. The molecule has 1 aromatic heterocycles. The Morgan fingerprint density at radius 1 is 1.58 bits per heavy atom. The van der Waals surface area contributed by atoms with E-state index in [9.17, 15) is 4.79 Å². The molecule has 0 saturated heterocycles. The summed E-state index contributed by atoms with van der Waals surface area (Å²) in [5.74, 6) is 1.60. The zero-order chi connectivity index (χ0) is 14.0. The Labute approximate surface area is 117 Å². The highest BCUT2D eigenvalue weighted by molar-refractivity contribution is 7.99. The van der Waals surface area contributed by atoms with Crippen LogP contribution in [0.4, 0.5) is 0 Å². The van der Waals surface area contributed by atoms with E-state index in [0.717, 1.165) is 36.0 Å². The van der Waals surface area contributed by atoms with Crippen LogP contribution in [0, 0.1) is 12.8 Å². The molecule has 106 valence electrons. The maximum atomic E-state index is 11.5. The number of hydrogen-bond donors (Lipinski definition) is 2. The Bertz CT molecular complexity index is 475. The van der Waals surface area contributed by atoms with Gasteiger partial charge in [0, 0.05) is 12.8 Å². The molecule has 1 heterocycles. The van der Waals surface area contributed by atoms with Crippen LogP contribution in [-0.4, -0.2) is 32.0 Å². The predicted molar refractivity (Wildman–Crippen MR) is 74.5 cm³/mol. The average molecular weight is 283 g/mol. The topological polar surface area (TPSA) is 99.8 Å². The number of aryl methyl sites for hydroxylation is 1. The molecule has 1 saturated carbocycles. The van der Waals surface area contributed by atoms with E-state index in [0.29, 0.717) is 6.42 Å². The molecule has 0 bridgehead atoms. The molecule has 0 aromatic carbocycles. The molecule has 1 amide bonds. The maximum absolute atomic E-state index is 11.5. The molecule has 2 atom stereocenters. The van der Waals surface area contributed by atoms with Gasteiger partial charge in [-0.3, -0.25) is 4.79 Å². The Kier molecular flexibility index (Phi) is 4.15. The molecule has 2 unspecified atom stereocenters. The van der Waals surface area contributed by atoms with Crippen LogP contribution >= 0.6 is 11.8 Å². The summed E-state index contributed by atoms with van der Waals surface area (Å²) in [7, 11) is 1.95. The summed E-state index contributed by atoms with van der Waals surface area (Å²) < 4.78 is 1.96. The molecule has 7 heteroatoms. The number of rotatable bonds is 5. The third kappa shape index (κ3) is 2.76. The second kappa shape index (κ2) is 5.50. The number of carbonyl (C=O) groups excluding carboxylic acids is 1. The van der Waals surface area contributed by atoms with Crippen molar-refractivity contribution in [1.29, 1.82) is 0 Å². The van der Waals surface area contributed by atoms with Gasteiger partial charge in [0.15, 0.2) is 5.16 Å². The van der Waals surface area contributed by atoms with Crippen molar-refractivity contribution in [3.8, 4) is 0 Å². The van der Waals surface area contributed by atoms with E-state index >= 15 is 0 Å². The standard InChI is InChI=1S/C12H21N5OS/c1-8-15-16-11(17(8)2)19-7-5-9-4-3-6-12(9,14)10(13)18/h9H,3-7,14H2,1-2H3,(H2,13,18). The van der Waals surface area contributed by atoms with E-state index in [1.54, 1.807) is 11.8 Å². The summed E-state index contributed by atoms with van der Waals surface area (Å²) in [6.07, 6.45) is 3.56. The van der Waals surface area contributed by atoms with Crippen LogP contribution in [0.5, 0.6) is 0 Å². The third-order valence-electron chi connectivity index (χ3n) is 4.08. The normalized spacial score (nSPS) is 26.8. The van der Waals surface area contributed by atoms with E-state index in [2.05, 4.69) is 10.2 Å². The fourth-order valence-electron chi connectivity index (χ4n) is 2.63. The minimum absolute atomic E-state index is 0.187. The van der Waals surface area contributed by atoms with Gasteiger partial charge in [-0.15, -0.1) is 10.2 Å². The molecule has 2 rings (SSSR count). The number of carbonyl (C=O) groups is 1. The van der Waals surface area contributed by atoms with Crippen molar-refractivity contribution in [3.63, 3.8) is 0 Å². The monoisotopic (exact) mass is 283 g/mol. The number of hydrogen-bond acceptors (Lipinski definition) is 5. The first-order valence-electron chi connectivity index (χ1n) is 6.52. The van der Waals surface area contributed by atoms with Gasteiger partial charge >= 0.3 is 0 Å². The van der Waals surface area contributed by atoms with Crippen molar-refractivity contribution in [2.75, 3.05) is 5.75 Å². The molecule has 0 radical (unpaired) electrons. The van der Waals surface area contributed by atoms with E-state index in [1.807, 2.05) is 18.5 Å². The van der Waals surface area contributed by atoms with Crippen molar-refractivity contribution in [2.24, 2.45) is 24.4 Å². The fraction of sp³-hybridized carbons (Fsp3) is 0.750. The van der Waals surface area contributed by atoms with E-state index in [4.69, 9.17) is 11.5 Å². The number of amides is 1. The van der Waals surface area contributed by atoms with Crippen molar-refractivity contribution in [3.05, 3.63) is 5.82 Å². The fourth-order valence-corrected chi connectivity index (χ4v) is 3.64. The summed E-state index contributed by atoms with van der Waals surface area (Å²) in [6.45, 7) is 1.92. The largest absolute Gasteiger partial charge is 0.368 e. The molecule has 19 heavy (non-hydrogen) atoms. The lowest BCUT2D eigenvalue weighted by atomic mass is 9.85. The van der Waals surface area contributed by atoms with Crippen LogP contribution in [0.2, 0.25) is 0 Å². The molecule has 0 aliphatic heterocycles. The molecule has 6 nitrogen and oxygen atoms in total. The first-order valence-corrected chi connectivity index (χ1v) is 7.51. The Hall–Kier alpha value is -1.08. The SMILES string of the molecule is Cc1nnc(SCCC2CCCC2(N)C(N)=O)n1C. The molecule has 1 aliphatic carbocycles.